The summed E-state index contributed by atoms with van der Waals surface area (Å²) >= 11 is 0. The van der Waals surface area contributed by atoms with Crippen LogP contribution in [0, 0.1) is 12.7 Å². The zero-order valence-electron chi connectivity index (χ0n) is 7.93. The van der Waals surface area contributed by atoms with Gasteiger partial charge in [0, 0.05) is 5.56 Å². The second-order valence-electron chi connectivity index (χ2n) is 3.65. The van der Waals surface area contributed by atoms with E-state index < -0.39 is 17.2 Å². The standard InChI is InChI=1S/C10H13FO2/c1-6-4-5-7(10(2,3)13)9(12)8(6)11/h4-5,12-13H,1-3H3. The number of hydrogen-bond donors (Lipinski definition) is 2. The van der Waals surface area contributed by atoms with Crippen molar-refractivity contribution in [2.75, 3.05) is 0 Å². The molecule has 0 saturated carbocycles. The maximum Gasteiger partial charge on any atom is 0.168 e. The Balaban J connectivity index is 3.35. The van der Waals surface area contributed by atoms with Gasteiger partial charge in [-0.25, -0.2) is 4.39 Å². The monoisotopic (exact) mass is 184 g/mol. The van der Waals surface area contributed by atoms with Crippen LogP contribution in [0.15, 0.2) is 12.1 Å². The SMILES string of the molecule is Cc1ccc(C(C)(C)O)c(O)c1F. The molecule has 0 fully saturated rings. The number of halogens is 1. The van der Waals surface area contributed by atoms with Crippen molar-refractivity contribution in [3.8, 4) is 5.75 Å². The van der Waals surface area contributed by atoms with Crippen LogP contribution < -0.4 is 0 Å². The second-order valence-corrected chi connectivity index (χ2v) is 3.65. The van der Waals surface area contributed by atoms with Gasteiger partial charge in [-0.2, -0.15) is 0 Å². The van der Waals surface area contributed by atoms with Crippen molar-refractivity contribution in [1.82, 2.24) is 0 Å². The van der Waals surface area contributed by atoms with Crippen LogP contribution in [-0.4, -0.2) is 10.2 Å². The Hall–Kier alpha value is -1.09. The molecule has 1 aromatic carbocycles. The van der Waals surface area contributed by atoms with E-state index in [-0.39, 0.29) is 5.56 Å². The van der Waals surface area contributed by atoms with E-state index in [9.17, 15) is 14.6 Å². The lowest BCUT2D eigenvalue weighted by Gasteiger charge is -2.19. The fraction of sp³-hybridized carbons (Fsp3) is 0.400. The highest BCUT2D eigenvalue weighted by molar-refractivity contribution is 5.40. The van der Waals surface area contributed by atoms with E-state index in [0.29, 0.717) is 5.56 Å². The van der Waals surface area contributed by atoms with Crippen LogP contribution in [0.25, 0.3) is 0 Å². The molecule has 0 bridgehead atoms. The van der Waals surface area contributed by atoms with Gasteiger partial charge in [-0.05, 0) is 26.3 Å². The molecule has 0 aromatic heterocycles. The summed E-state index contributed by atoms with van der Waals surface area (Å²) in [7, 11) is 0. The smallest absolute Gasteiger partial charge is 0.168 e. The van der Waals surface area contributed by atoms with Crippen molar-refractivity contribution in [3.63, 3.8) is 0 Å². The lowest BCUT2D eigenvalue weighted by molar-refractivity contribution is 0.0751. The molecule has 13 heavy (non-hydrogen) atoms. The van der Waals surface area contributed by atoms with Gasteiger partial charge in [0.15, 0.2) is 11.6 Å². The summed E-state index contributed by atoms with van der Waals surface area (Å²) in [4.78, 5) is 0. The molecular formula is C10H13FO2. The van der Waals surface area contributed by atoms with E-state index in [0.717, 1.165) is 0 Å². The molecule has 1 aromatic rings. The number of benzene rings is 1. The Kier molecular flexibility index (Phi) is 2.30. The predicted molar refractivity (Wildman–Crippen MR) is 48.0 cm³/mol. The highest BCUT2D eigenvalue weighted by Gasteiger charge is 2.22. The van der Waals surface area contributed by atoms with Crippen LogP contribution in [0.2, 0.25) is 0 Å². The van der Waals surface area contributed by atoms with Gasteiger partial charge in [-0.1, -0.05) is 12.1 Å². The van der Waals surface area contributed by atoms with Gasteiger partial charge in [0.05, 0.1) is 5.60 Å². The van der Waals surface area contributed by atoms with Gasteiger partial charge < -0.3 is 10.2 Å². The minimum Gasteiger partial charge on any atom is -0.505 e. The van der Waals surface area contributed by atoms with Crippen molar-refractivity contribution in [1.29, 1.82) is 0 Å². The van der Waals surface area contributed by atoms with Gasteiger partial charge in [0.1, 0.15) is 0 Å². The van der Waals surface area contributed by atoms with E-state index in [1.807, 2.05) is 0 Å². The molecule has 0 aliphatic rings. The molecule has 0 saturated heterocycles. The maximum absolute atomic E-state index is 13.2. The Bertz CT molecular complexity index is 326. The zero-order chi connectivity index (χ0) is 10.2. The molecule has 0 aliphatic carbocycles. The number of aryl methyl sites for hydroxylation is 1. The average Bonchev–Trinajstić information content (AvgIpc) is 1.98. The topological polar surface area (TPSA) is 40.5 Å². The van der Waals surface area contributed by atoms with Gasteiger partial charge in [-0.3, -0.25) is 0 Å². The van der Waals surface area contributed by atoms with Crippen LogP contribution in [0.3, 0.4) is 0 Å². The molecule has 2 N–H and O–H groups in total. The number of phenols is 1. The Labute approximate surface area is 76.6 Å². The lowest BCUT2D eigenvalue weighted by atomic mass is 9.96. The highest BCUT2D eigenvalue weighted by Crippen LogP contribution is 2.32. The molecule has 0 atom stereocenters. The van der Waals surface area contributed by atoms with Crippen molar-refractivity contribution in [2.45, 2.75) is 26.4 Å². The zero-order valence-corrected chi connectivity index (χ0v) is 7.93. The van der Waals surface area contributed by atoms with Gasteiger partial charge >= 0.3 is 0 Å². The van der Waals surface area contributed by atoms with E-state index in [1.165, 1.54) is 26.0 Å². The summed E-state index contributed by atoms with van der Waals surface area (Å²) in [5, 5.41) is 18.9. The van der Waals surface area contributed by atoms with Crippen LogP contribution in [0.1, 0.15) is 25.0 Å². The summed E-state index contributed by atoms with van der Waals surface area (Å²) in [6, 6.07) is 3.05. The fourth-order valence-corrected chi connectivity index (χ4v) is 1.16. The summed E-state index contributed by atoms with van der Waals surface area (Å²) in [5.74, 6) is -1.13. The molecule has 72 valence electrons. The first-order valence-corrected chi connectivity index (χ1v) is 4.05. The molecule has 0 amide bonds. The molecule has 0 unspecified atom stereocenters. The third kappa shape index (κ3) is 1.80. The maximum atomic E-state index is 13.2. The first-order valence-electron chi connectivity index (χ1n) is 4.05. The average molecular weight is 184 g/mol. The molecule has 1 rings (SSSR count). The number of phenolic OH excluding ortho intramolecular Hbond substituents is 1. The number of aliphatic hydroxyl groups is 1. The minimum absolute atomic E-state index is 0.204. The summed E-state index contributed by atoms with van der Waals surface area (Å²) in [6.07, 6.45) is 0. The molecule has 3 heteroatoms. The third-order valence-corrected chi connectivity index (χ3v) is 1.97. The van der Waals surface area contributed by atoms with Crippen LogP contribution in [0.4, 0.5) is 4.39 Å². The Morgan fingerprint density at radius 3 is 2.31 bits per heavy atom. The van der Waals surface area contributed by atoms with Crippen molar-refractivity contribution in [2.24, 2.45) is 0 Å². The van der Waals surface area contributed by atoms with E-state index in [4.69, 9.17) is 0 Å². The lowest BCUT2D eigenvalue weighted by Crippen LogP contribution is -2.16. The molecular weight excluding hydrogens is 171 g/mol. The van der Waals surface area contributed by atoms with Crippen molar-refractivity contribution >= 4 is 0 Å². The molecule has 0 spiro atoms. The van der Waals surface area contributed by atoms with E-state index in [2.05, 4.69) is 0 Å². The van der Waals surface area contributed by atoms with E-state index in [1.54, 1.807) is 6.92 Å². The highest BCUT2D eigenvalue weighted by atomic mass is 19.1. The van der Waals surface area contributed by atoms with Crippen LogP contribution >= 0.6 is 0 Å². The van der Waals surface area contributed by atoms with Crippen molar-refractivity contribution in [3.05, 3.63) is 29.1 Å². The molecule has 0 heterocycles. The Morgan fingerprint density at radius 2 is 1.85 bits per heavy atom. The minimum atomic E-state index is -1.22. The number of aromatic hydroxyl groups is 1. The van der Waals surface area contributed by atoms with Crippen molar-refractivity contribution < 1.29 is 14.6 Å². The van der Waals surface area contributed by atoms with Gasteiger partial charge in [0.2, 0.25) is 0 Å². The van der Waals surface area contributed by atoms with Gasteiger partial charge in [-0.15, -0.1) is 0 Å². The van der Waals surface area contributed by atoms with E-state index >= 15 is 0 Å². The Morgan fingerprint density at radius 1 is 1.31 bits per heavy atom. The largest absolute Gasteiger partial charge is 0.505 e. The first kappa shape index (κ1) is 9.99. The van der Waals surface area contributed by atoms with Crippen LogP contribution in [-0.2, 0) is 5.60 Å². The second kappa shape index (κ2) is 3.00. The summed E-state index contributed by atoms with van der Waals surface area (Å²) in [5.41, 5.74) is -0.653. The molecule has 0 radical (unpaired) electrons. The normalized spacial score (nSPS) is 11.8. The quantitative estimate of drug-likeness (QED) is 0.701. The molecule has 0 aliphatic heterocycles. The fourth-order valence-electron chi connectivity index (χ4n) is 1.16. The summed E-state index contributed by atoms with van der Waals surface area (Å²) in [6.45, 7) is 4.55. The summed E-state index contributed by atoms with van der Waals surface area (Å²) < 4.78 is 13.2. The number of rotatable bonds is 1. The van der Waals surface area contributed by atoms with Gasteiger partial charge in [0.25, 0.3) is 0 Å². The predicted octanol–water partition coefficient (Wildman–Crippen LogP) is 2.07. The van der Waals surface area contributed by atoms with Crippen LogP contribution in [0.5, 0.6) is 5.75 Å². The number of hydrogen-bond acceptors (Lipinski definition) is 2. The first-order chi connectivity index (χ1) is 5.84. The third-order valence-electron chi connectivity index (χ3n) is 1.97. The molecule has 2 nitrogen and oxygen atoms in total.